The predicted molar refractivity (Wildman–Crippen MR) is 138 cm³/mol. The van der Waals surface area contributed by atoms with Gasteiger partial charge in [-0.25, -0.2) is 4.39 Å². The second-order valence-electron chi connectivity index (χ2n) is 8.18. The van der Waals surface area contributed by atoms with Gasteiger partial charge in [0.2, 0.25) is 5.78 Å². The van der Waals surface area contributed by atoms with Crippen molar-refractivity contribution in [2.75, 3.05) is 6.54 Å². The SMILES string of the molecule is C#CCNC(=O)C(=O)NCc1ccccc1C(=O)C#CC1(c2cc(-c3cccs3)cc(Cl)c2F)CC1. The van der Waals surface area contributed by atoms with E-state index in [0.29, 0.717) is 24.0 Å². The number of thiophene rings is 1. The number of halogens is 2. The first-order valence-electron chi connectivity index (χ1n) is 11.0. The molecule has 0 spiro atoms. The maximum Gasteiger partial charge on any atom is 0.310 e. The van der Waals surface area contributed by atoms with Gasteiger partial charge in [-0.2, -0.15) is 0 Å². The second-order valence-corrected chi connectivity index (χ2v) is 9.54. The molecule has 1 aliphatic carbocycles. The summed E-state index contributed by atoms with van der Waals surface area (Å²) < 4.78 is 15.0. The molecule has 3 aromatic rings. The number of terminal acetylenes is 1. The first kappa shape index (κ1) is 25.2. The lowest BCUT2D eigenvalue weighted by Gasteiger charge is -2.13. The van der Waals surface area contributed by atoms with E-state index in [2.05, 4.69) is 28.4 Å². The highest BCUT2D eigenvalue weighted by Crippen LogP contribution is 2.50. The number of hydrogen-bond donors (Lipinski definition) is 2. The van der Waals surface area contributed by atoms with Crippen molar-refractivity contribution in [1.82, 2.24) is 10.6 Å². The summed E-state index contributed by atoms with van der Waals surface area (Å²) in [6.45, 7) is -0.120. The Labute approximate surface area is 217 Å². The van der Waals surface area contributed by atoms with Crippen LogP contribution in [0.5, 0.6) is 0 Å². The molecule has 0 saturated heterocycles. The first-order valence-corrected chi connectivity index (χ1v) is 12.3. The van der Waals surface area contributed by atoms with Gasteiger partial charge in [-0.15, -0.1) is 17.8 Å². The van der Waals surface area contributed by atoms with Crippen molar-refractivity contribution in [3.05, 3.63) is 81.4 Å². The van der Waals surface area contributed by atoms with Crippen LogP contribution < -0.4 is 10.6 Å². The normalized spacial score (nSPS) is 13.0. The van der Waals surface area contributed by atoms with Crippen LogP contribution in [0.4, 0.5) is 4.39 Å². The Bertz CT molecular complexity index is 1440. The third-order valence-electron chi connectivity index (χ3n) is 5.77. The van der Waals surface area contributed by atoms with Gasteiger partial charge in [0.15, 0.2) is 0 Å². The van der Waals surface area contributed by atoms with Crippen LogP contribution in [-0.2, 0) is 21.5 Å². The van der Waals surface area contributed by atoms with Gasteiger partial charge in [0.05, 0.1) is 17.0 Å². The molecule has 0 aliphatic heterocycles. The van der Waals surface area contributed by atoms with Gasteiger partial charge in [0.1, 0.15) is 5.82 Å². The molecule has 2 aromatic carbocycles. The number of carbonyl (C=O) groups is 3. The number of benzene rings is 2. The minimum absolute atomic E-state index is 0.0164. The van der Waals surface area contributed by atoms with Gasteiger partial charge in [0, 0.05) is 22.5 Å². The van der Waals surface area contributed by atoms with Gasteiger partial charge in [-0.05, 0) is 53.5 Å². The molecule has 1 aliphatic rings. The Morgan fingerprint density at radius 3 is 2.53 bits per heavy atom. The monoisotopic (exact) mass is 518 g/mol. The molecule has 4 rings (SSSR count). The molecule has 2 N–H and O–H groups in total. The van der Waals surface area contributed by atoms with E-state index < -0.39 is 28.8 Å². The van der Waals surface area contributed by atoms with E-state index in [1.807, 2.05) is 17.5 Å². The summed E-state index contributed by atoms with van der Waals surface area (Å²) >= 11 is 7.73. The van der Waals surface area contributed by atoms with Crippen molar-refractivity contribution in [2.24, 2.45) is 0 Å². The van der Waals surface area contributed by atoms with Gasteiger partial charge in [-0.1, -0.05) is 53.8 Å². The van der Waals surface area contributed by atoms with E-state index in [1.165, 1.54) is 11.3 Å². The van der Waals surface area contributed by atoms with Crippen LogP contribution in [0.2, 0.25) is 5.02 Å². The predicted octanol–water partition coefficient (Wildman–Crippen LogP) is 4.49. The summed E-state index contributed by atoms with van der Waals surface area (Å²) in [5, 5.41) is 6.68. The fourth-order valence-corrected chi connectivity index (χ4v) is 4.65. The number of Topliss-reactive ketones (excluding diaryl/α,β-unsaturated/α-hetero) is 1. The van der Waals surface area contributed by atoms with Crippen LogP contribution in [0.1, 0.15) is 34.3 Å². The maximum absolute atomic E-state index is 15.0. The van der Waals surface area contributed by atoms with Crippen molar-refractivity contribution < 1.29 is 18.8 Å². The summed E-state index contributed by atoms with van der Waals surface area (Å²) in [5.74, 6) is 5.15. The standard InChI is InChI=1S/C28H20ClFN2O3S/c1-2-13-31-26(34)27(35)32-17-18-6-3-4-7-20(18)23(33)9-10-28(11-12-28)21-15-19(16-22(29)25(21)30)24-8-5-14-36-24/h1,3-8,14-16H,11-13,17H2,(H,31,34)(H,32,35). The van der Waals surface area contributed by atoms with E-state index in [-0.39, 0.29) is 23.7 Å². The molecule has 1 aromatic heterocycles. The molecule has 0 bridgehead atoms. The summed E-state index contributed by atoms with van der Waals surface area (Å²) in [4.78, 5) is 37.6. The molecule has 0 atom stereocenters. The zero-order valence-electron chi connectivity index (χ0n) is 19.0. The van der Waals surface area contributed by atoms with Crippen molar-refractivity contribution in [1.29, 1.82) is 0 Å². The highest BCUT2D eigenvalue weighted by Gasteiger charge is 2.45. The third-order valence-corrected chi connectivity index (χ3v) is 6.97. The smallest absolute Gasteiger partial charge is 0.310 e. The van der Waals surface area contributed by atoms with E-state index in [4.69, 9.17) is 18.0 Å². The zero-order valence-corrected chi connectivity index (χ0v) is 20.6. The van der Waals surface area contributed by atoms with Crippen LogP contribution in [0, 0.1) is 30.0 Å². The number of amides is 2. The third kappa shape index (κ3) is 5.49. The molecular weight excluding hydrogens is 499 g/mol. The summed E-state index contributed by atoms with van der Waals surface area (Å²) in [6.07, 6.45) is 6.29. The number of carbonyl (C=O) groups excluding carboxylic acids is 3. The molecule has 36 heavy (non-hydrogen) atoms. The van der Waals surface area contributed by atoms with Crippen LogP contribution in [-0.4, -0.2) is 24.1 Å². The number of ketones is 1. The number of hydrogen-bond acceptors (Lipinski definition) is 4. The minimum Gasteiger partial charge on any atom is -0.344 e. The maximum atomic E-state index is 15.0. The molecule has 0 radical (unpaired) electrons. The fourth-order valence-electron chi connectivity index (χ4n) is 3.72. The molecular formula is C28H20ClFN2O3S. The molecule has 8 heteroatoms. The van der Waals surface area contributed by atoms with Crippen LogP contribution in [0.15, 0.2) is 53.9 Å². The Balaban J connectivity index is 1.54. The molecule has 5 nitrogen and oxygen atoms in total. The van der Waals surface area contributed by atoms with Gasteiger partial charge in [-0.3, -0.25) is 14.4 Å². The highest BCUT2D eigenvalue weighted by molar-refractivity contribution is 7.13. The molecule has 1 fully saturated rings. The Hall–Kier alpha value is -3.91. The van der Waals surface area contributed by atoms with Gasteiger partial charge < -0.3 is 10.6 Å². The summed E-state index contributed by atoms with van der Waals surface area (Å²) in [7, 11) is 0. The number of nitrogens with one attached hydrogen (secondary N) is 2. The summed E-state index contributed by atoms with van der Waals surface area (Å²) in [5.41, 5.74) is 1.19. The molecule has 1 heterocycles. The average molecular weight is 519 g/mol. The lowest BCUT2D eigenvalue weighted by atomic mass is 9.93. The summed E-state index contributed by atoms with van der Waals surface area (Å²) in [6, 6.07) is 13.8. The zero-order chi connectivity index (χ0) is 25.7. The van der Waals surface area contributed by atoms with Crippen LogP contribution >= 0.6 is 22.9 Å². The van der Waals surface area contributed by atoms with E-state index in [1.54, 1.807) is 36.4 Å². The van der Waals surface area contributed by atoms with Crippen molar-refractivity contribution in [3.8, 4) is 34.6 Å². The highest BCUT2D eigenvalue weighted by atomic mass is 35.5. The van der Waals surface area contributed by atoms with E-state index in [0.717, 1.165) is 10.4 Å². The molecule has 0 unspecified atom stereocenters. The molecule has 180 valence electrons. The Kier molecular flexibility index (Phi) is 7.55. The topological polar surface area (TPSA) is 75.3 Å². The largest absolute Gasteiger partial charge is 0.344 e. The molecule has 1 saturated carbocycles. The average Bonchev–Trinajstić information content (AvgIpc) is 3.47. The van der Waals surface area contributed by atoms with E-state index >= 15 is 4.39 Å². The Morgan fingerprint density at radius 2 is 1.83 bits per heavy atom. The fraction of sp³-hybridized carbons (Fsp3) is 0.179. The van der Waals surface area contributed by atoms with Gasteiger partial charge >= 0.3 is 11.8 Å². The van der Waals surface area contributed by atoms with Crippen molar-refractivity contribution in [2.45, 2.75) is 24.8 Å². The first-order chi connectivity index (χ1) is 17.3. The molecule has 2 amide bonds. The Morgan fingerprint density at radius 1 is 1.08 bits per heavy atom. The van der Waals surface area contributed by atoms with Gasteiger partial charge in [0.25, 0.3) is 0 Å². The lowest BCUT2D eigenvalue weighted by molar-refractivity contribution is -0.139. The lowest BCUT2D eigenvalue weighted by Crippen LogP contribution is -2.39. The van der Waals surface area contributed by atoms with Crippen molar-refractivity contribution >= 4 is 40.5 Å². The van der Waals surface area contributed by atoms with Crippen molar-refractivity contribution in [3.63, 3.8) is 0 Å². The number of rotatable bonds is 6. The minimum atomic E-state index is -0.867. The second kappa shape index (κ2) is 10.8. The van der Waals surface area contributed by atoms with E-state index in [9.17, 15) is 14.4 Å². The quantitative estimate of drug-likeness (QED) is 0.218. The van der Waals surface area contributed by atoms with Crippen LogP contribution in [0.3, 0.4) is 0 Å². The van der Waals surface area contributed by atoms with Crippen LogP contribution in [0.25, 0.3) is 10.4 Å².